The molecule has 0 spiro atoms. The standard InChI is InChI=1S/C15H13FO/c16-13-9-5-4-8-12(13)15(14-10-17-14)11-6-2-1-3-7-11/h1-9,14-15H,10H2/t14?,15-/m1/s1. The minimum Gasteiger partial charge on any atom is -0.372 e. The van der Waals surface area contributed by atoms with Gasteiger partial charge in [-0.05, 0) is 17.2 Å². The highest BCUT2D eigenvalue weighted by Crippen LogP contribution is 2.36. The van der Waals surface area contributed by atoms with Crippen molar-refractivity contribution < 1.29 is 9.13 Å². The third-order valence-corrected chi connectivity index (χ3v) is 3.13. The summed E-state index contributed by atoms with van der Waals surface area (Å²) in [6.45, 7) is 0.716. The van der Waals surface area contributed by atoms with Gasteiger partial charge in [0, 0.05) is 5.92 Å². The number of epoxide rings is 1. The van der Waals surface area contributed by atoms with Crippen LogP contribution in [-0.2, 0) is 4.74 Å². The lowest BCUT2D eigenvalue weighted by Gasteiger charge is -2.16. The van der Waals surface area contributed by atoms with Crippen LogP contribution in [0.5, 0.6) is 0 Å². The first-order valence-corrected chi connectivity index (χ1v) is 5.77. The van der Waals surface area contributed by atoms with Crippen molar-refractivity contribution >= 4 is 0 Å². The maximum atomic E-state index is 13.9. The lowest BCUT2D eigenvalue weighted by molar-refractivity contribution is 0.386. The molecular formula is C15H13FO. The predicted octanol–water partition coefficient (Wildman–Crippen LogP) is 3.36. The zero-order chi connectivity index (χ0) is 11.7. The molecule has 0 radical (unpaired) electrons. The second-order valence-electron chi connectivity index (χ2n) is 4.28. The molecule has 2 atom stereocenters. The Morgan fingerprint density at radius 3 is 2.29 bits per heavy atom. The first kappa shape index (κ1) is 10.5. The highest BCUT2D eigenvalue weighted by molar-refractivity contribution is 5.35. The molecule has 2 aromatic rings. The molecule has 86 valence electrons. The van der Waals surface area contributed by atoms with Crippen molar-refractivity contribution in [2.24, 2.45) is 0 Å². The number of hydrogen-bond donors (Lipinski definition) is 0. The number of hydrogen-bond acceptors (Lipinski definition) is 1. The zero-order valence-corrected chi connectivity index (χ0v) is 9.34. The van der Waals surface area contributed by atoms with Crippen LogP contribution >= 0.6 is 0 Å². The Morgan fingerprint density at radius 2 is 1.65 bits per heavy atom. The Hall–Kier alpha value is -1.67. The molecule has 1 nitrogen and oxygen atoms in total. The number of rotatable bonds is 3. The fourth-order valence-electron chi connectivity index (χ4n) is 2.23. The Morgan fingerprint density at radius 1 is 1.00 bits per heavy atom. The van der Waals surface area contributed by atoms with Gasteiger partial charge in [-0.3, -0.25) is 0 Å². The summed E-state index contributed by atoms with van der Waals surface area (Å²) in [4.78, 5) is 0. The van der Waals surface area contributed by atoms with Gasteiger partial charge < -0.3 is 4.74 Å². The van der Waals surface area contributed by atoms with E-state index in [-0.39, 0.29) is 17.8 Å². The van der Waals surface area contributed by atoms with Crippen molar-refractivity contribution in [2.45, 2.75) is 12.0 Å². The minimum absolute atomic E-state index is 0.0115. The van der Waals surface area contributed by atoms with Gasteiger partial charge in [-0.2, -0.15) is 0 Å². The molecule has 3 rings (SSSR count). The second-order valence-corrected chi connectivity index (χ2v) is 4.28. The number of ether oxygens (including phenoxy) is 1. The van der Waals surface area contributed by atoms with Crippen LogP contribution in [0.25, 0.3) is 0 Å². The summed E-state index contributed by atoms with van der Waals surface area (Å²) < 4.78 is 19.2. The predicted molar refractivity (Wildman–Crippen MR) is 64.4 cm³/mol. The van der Waals surface area contributed by atoms with Gasteiger partial charge in [0.2, 0.25) is 0 Å². The van der Waals surface area contributed by atoms with Crippen LogP contribution in [0.4, 0.5) is 4.39 Å². The normalized spacial score (nSPS) is 19.9. The third kappa shape index (κ3) is 2.08. The van der Waals surface area contributed by atoms with Crippen LogP contribution < -0.4 is 0 Å². The Balaban J connectivity index is 2.04. The van der Waals surface area contributed by atoms with E-state index in [4.69, 9.17) is 4.74 Å². The van der Waals surface area contributed by atoms with Crippen molar-refractivity contribution in [2.75, 3.05) is 6.61 Å². The molecule has 0 N–H and O–H groups in total. The van der Waals surface area contributed by atoms with Crippen molar-refractivity contribution in [1.29, 1.82) is 0 Å². The molecule has 0 bridgehead atoms. The smallest absolute Gasteiger partial charge is 0.127 e. The van der Waals surface area contributed by atoms with E-state index < -0.39 is 0 Å². The molecule has 2 heteroatoms. The van der Waals surface area contributed by atoms with Gasteiger partial charge in [-0.15, -0.1) is 0 Å². The van der Waals surface area contributed by atoms with E-state index in [1.807, 2.05) is 42.5 Å². The van der Waals surface area contributed by atoms with Crippen LogP contribution in [0.1, 0.15) is 17.0 Å². The molecule has 2 aromatic carbocycles. The maximum Gasteiger partial charge on any atom is 0.127 e. The van der Waals surface area contributed by atoms with E-state index in [1.165, 1.54) is 6.07 Å². The van der Waals surface area contributed by atoms with E-state index >= 15 is 0 Å². The summed E-state index contributed by atoms with van der Waals surface area (Å²) in [6, 6.07) is 16.9. The van der Waals surface area contributed by atoms with E-state index in [9.17, 15) is 4.39 Å². The van der Waals surface area contributed by atoms with Crippen LogP contribution in [0.15, 0.2) is 54.6 Å². The summed E-state index contributed by atoms with van der Waals surface area (Å²) in [5, 5.41) is 0. The Kier molecular flexibility index (Phi) is 2.65. The van der Waals surface area contributed by atoms with Gasteiger partial charge in [-0.1, -0.05) is 48.5 Å². The first-order chi connectivity index (χ1) is 8.36. The fourth-order valence-corrected chi connectivity index (χ4v) is 2.23. The van der Waals surface area contributed by atoms with E-state index in [0.29, 0.717) is 6.61 Å². The Labute approximate surface area is 99.9 Å². The summed E-state index contributed by atoms with van der Waals surface area (Å²) in [5.74, 6) is -0.144. The quantitative estimate of drug-likeness (QED) is 0.734. The lowest BCUT2D eigenvalue weighted by Crippen LogP contribution is -2.10. The van der Waals surface area contributed by atoms with Crippen LogP contribution in [0.3, 0.4) is 0 Å². The number of halogens is 1. The summed E-state index contributed by atoms with van der Waals surface area (Å²) in [7, 11) is 0. The largest absolute Gasteiger partial charge is 0.372 e. The number of benzene rings is 2. The van der Waals surface area contributed by atoms with Gasteiger partial charge in [0.15, 0.2) is 0 Å². The van der Waals surface area contributed by atoms with Crippen molar-refractivity contribution in [3.05, 3.63) is 71.5 Å². The van der Waals surface area contributed by atoms with Crippen molar-refractivity contribution in [1.82, 2.24) is 0 Å². The zero-order valence-electron chi connectivity index (χ0n) is 9.34. The first-order valence-electron chi connectivity index (χ1n) is 5.77. The van der Waals surface area contributed by atoms with E-state index in [0.717, 1.165) is 11.1 Å². The maximum absolute atomic E-state index is 13.9. The highest BCUT2D eigenvalue weighted by atomic mass is 19.1. The molecule has 1 saturated heterocycles. The average molecular weight is 228 g/mol. The second kappa shape index (κ2) is 4.30. The molecule has 17 heavy (non-hydrogen) atoms. The molecule has 1 fully saturated rings. The molecule has 1 heterocycles. The molecule has 0 aromatic heterocycles. The van der Waals surface area contributed by atoms with Gasteiger partial charge in [0.05, 0.1) is 12.7 Å². The molecule has 0 saturated carbocycles. The van der Waals surface area contributed by atoms with Crippen LogP contribution in [0, 0.1) is 5.82 Å². The third-order valence-electron chi connectivity index (χ3n) is 3.13. The van der Waals surface area contributed by atoms with Gasteiger partial charge in [0.1, 0.15) is 5.82 Å². The van der Waals surface area contributed by atoms with E-state index in [2.05, 4.69) is 0 Å². The summed E-state index contributed by atoms with van der Waals surface area (Å²) in [5.41, 5.74) is 1.83. The van der Waals surface area contributed by atoms with Crippen LogP contribution in [-0.4, -0.2) is 12.7 Å². The SMILES string of the molecule is Fc1ccccc1[C@@H](c1ccccc1)C1CO1. The molecule has 0 aliphatic carbocycles. The monoisotopic (exact) mass is 228 g/mol. The van der Waals surface area contributed by atoms with Gasteiger partial charge in [-0.25, -0.2) is 4.39 Å². The summed E-state index contributed by atoms with van der Waals surface area (Å²) >= 11 is 0. The average Bonchev–Trinajstić information content (AvgIpc) is 3.18. The minimum atomic E-state index is -0.156. The highest BCUT2D eigenvalue weighted by Gasteiger charge is 2.36. The molecular weight excluding hydrogens is 215 g/mol. The molecule has 1 unspecified atom stereocenters. The summed E-state index contributed by atoms with van der Waals surface area (Å²) in [6.07, 6.45) is 0.120. The van der Waals surface area contributed by atoms with Crippen LogP contribution in [0.2, 0.25) is 0 Å². The molecule has 1 aliphatic rings. The lowest BCUT2D eigenvalue weighted by atomic mass is 9.88. The fraction of sp³-hybridized carbons (Fsp3) is 0.200. The topological polar surface area (TPSA) is 12.5 Å². The van der Waals surface area contributed by atoms with Crippen molar-refractivity contribution in [3.8, 4) is 0 Å². The van der Waals surface area contributed by atoms with Gasteiger partial charge >= 0.3 is 0 Å². The molecule has 1 aliphatic heterocycles. The van der Waals surface area contributed by atoms with Gasteiger partial charge in [0.25, 0.3) is 0 Å². The Bertz CT molecular complexity index is 505. The molecule has 0 amide bonds. The van der Waals surface area contributed by atoms with E-state index in [1.54, 1.807) is 6.07 Å². The van der Waals surface area contributed by atoms with Crippen molar-refractivity contribution in [3.63, 3.8) is 0 Å².